The number of aliphatic hydroxyl groups excluding tert-OH is 2. The molecule has 0 aliphatic heterocycles. The van der Waals surface area contributed by atoms with Crippen molar-refractivity contribution in [1.82, 2.24) is 0 Å². The van der Waals surface area contributed by atoms with E-state index >= 15 is 0 Å². The largest absolute Gasteiger partial charge is 0.461 e. The zero-order valence-electron chi connectivity index (χ0n) is 25.5. The van der Waals surface area contributed by atoms with Gasteiger partial charge in [-0.2, -0.15) is 0 Å². The lowest BCUT2D eigenvalue weighted by atomic mass is 9.77. The van der Waals surface area contributed by atoms with Gasteiger partial charge in [0.15, 0.2) is 0 Å². The third-order valence-corrected chi connectivity index (χ3v) is 8.52. The first kappa shape index (κ1) is 33.3. The maximum atomic E-state index is 12.3. The van der Waals surface area contributed by atoms with Crippen LogP contribution in [0.5, 0.6) is 0 Å². The highest BCUT2D eigenvalue weighted by molar-refractivity contribution is 5.89. The van der Waals surface area contributed by atoms with Crippen molar-refractivity contribution in [2.24, 2.45) is 5.92 Å². The Bertz CT molecular complexity index is 1130. The molecule has 6 heteroatoms. The van der Waals surface area contributed by atoms with Crippen molar-refractivity contribution in [3.63, 3.8) is 0 Å². The molecule has 2 atom stereocenters. The van der Waals surface area contributed by atoms with Crippen LogP contribution >= 0.6 is 0 Å². The van der Waals surface area contributed by atoms with Crippen LogP contribution in [0, 0.1) is 5.92 Å². The third kappa shape index (κ3) is 9.67. The maximum absolute atomic E-state index is 12.3. The maximum Gasteiger partial charge on any atom is 0.336 e. The van der Waals surface area contributed by atoms with Crippen LogP contribution < -0.4 is 0 Å². The fourth-order valence-corrected chi connectivity index (χ4v) is 5.48. The molecule has 2 aromatic rings. The zero-order valence-corrected chi connectivity index (χ0v) is 25.5. The quantitative estimate of drug-likeness (QED) is 0.132. The van der Waals surface area contributed by atoms with Gasteiger partial charge in [-0.1, -0.05) is 94.3 Å². The average molecular weight is 577 g/mol. The van der Waals surface area contributed by atoms with Crippen molar-refractivity contribution in [2.45, 2.75) is 96.2 Å². The number of carbonyl (C=O) groups is 2. The van der Waals surface area contributed by atoms with Crippen LogP contribution in [-0.4, -0.2) is 47.6 Å². The van der Waals surface area contributed by atoms with Gasteiger partial charge in [0.25, 0.3) is 0 Å². The molecule has 0 spiro atoms. The minimum atomic E-state index is -1.03. The van der Waals surface area contributed by atoms with Gasteiger partial charge in [-0.05, 0) is 73.6 Å². The van der Waals surface area contributed by atoms with E-state index < -0.39 is 30.1 Å². The number of unbranched alkanes of at least 4 members (excludes halogenated alkanes) is 2. The number of aliphatic hydroxyl groups is 2. The highest BCUT2D eigenvalue weighted by atomic mass is 16.5. The summed E-state index contributed by atoms with van der Waals surface area (Å²) in [6.07, 6.45) is 8.56. The number of hydrogen-bond donors (Lipinski definition) is 2. The second kappa shape index (κ2) is 16.4. The number of rotatable bonds is 15. The van der Waals surface area contributed by atoms with Gasteiger partial charge in [-0.25, -0.2) is 9.59 Å². The summed E-state index contributed by atoms with van der Waals surface area (Å²) in [5, 5.41) is 19.3. The summed E-state index contributed by atoms with van der Waals surface area (Å²) in [6.45, 7) is 12.1. The second-order valence-electron chi connectivity index (χ2n) is 11.8. The number of ether oxygens (including phenoxy) is 2. The van der Waals surface area contributed by atoms with Gasteiger partial charge in [0.05, 0.1) is 29.3 Å². The first-order valence-corrected chi connectivity index (χ1v) is 15.4. The first-order chi connectivity index (χ1) is 20.1. The molecule has 2 N–H and O–H groups in total. The topological polar surface area (TPSA) is 93.1 Å². The molecule has 0 amide bonds. The van der Waals surface area contributed by atoms with Crippen molar-refractivity contribution < 1.29 is 29.3 Å². The van der Waals surface area contributed by atoms with Crippen molar-refractivity contribution in [2.75, 3.05) is 13.2 Å². The van der Waals surface area contributed by atoms with E-state index in [1.165, 1.54) is 70.8 Å². The van der Waals surface area contributed by atoms with Gasteiger partial charge >= 0.3 is 11.9 Å². The lowest BCUT2D eigenvalue weighted by molar-refractivity contribution is -0.143. The summed E-state index contributed by atoms with van der Waals surface area (Å²) in [4.78, 5) is 24.5. The van der Waals surface area contributed by atoms with Crippen LogP contribution in [-0.2, 0) is 19.1 Å². The zero-order chi connectivity index (χ0) is 30.6. The summed E-state index contributed by atoms with van der Waals surface area (Å²) >= 11 is 0. The van der Waals surface area contributed by atoms with Gasteiger partial charge in [0.1, 0.15) is 13.2 Å². The number of hydrogen-bond acceptors (Lipinski definition) is 6. The Labute approximate surface area is 251 Å². The molecule has 0 saturated heterocycles. The summed E-state index contributed by atoms with van der Waals surface area (Å²) < 4.78 is 10.8. The van der Waals surface area contributed by atoms with Gasteiger partial charge in [-0.15, -0.1) is 0 Å². The standard InChI is InChI=1S/C36H48O6/c1-6-7-8-9-28-10-12-29(13-11-28)30-14-16-31(17-15-30)32-18-20-33(21-19-32)34(22-41-35(39)24(2)26(4)37)23-42-36(40)25(3)27(5)38/h14-21,26-29,34,37-38H,2-3,6-13,22-23H2,1,4-5H3. The average Bonchev–Trinajstić information content (AvgIpc) is 3.00. The highest BCUT2D eigenvalue weighted by Gasteiger charge is 2.23. The first-order valence-electron chi connectivity index (χ1n) is 15.4. The van der Waals surface area contributed by atoms with E-state index in [4.69, 9.17) is 9.47 Å². The lowest BCUT2D eigenvalue weighted by Crippen LogP contribution is -2.24. The Kier molecular flexibility index (Phi) is 13.0. The smallest absolute Gasteiger partial charge is 0.336 e. The molecule has 2 unspecified atom stereocenters. The third-order valence-electron chi connectivity index (χ3n) is 8.52. The van der Waals surface area contributed by atoms with Crippen molar-refractivity contribution in [3.05, 3.63) is 84.0 Å². The number of esters is 2. The van der Waals surface area contributed by atoms with Crippen LogP contribution in [0.3, 0.4) is 0 Å². The molecular weight excluding hydrogens is 528 g/mol. The van der Waals surface area contributed by atoms with E-state index in [1.54, 1.807) is 0 Å². The van der Waals surface area contributed by atoms with E-state index in [2.05, 4.69) is 44.3 Å². The molecule has 1 saturated carbocycles. The minimum absolute atomic E-state index is 0.0490. The Morgan fingerprint density at radius 1 is 0.786 bits per heavy atom. The Hall–Kier alpha value is -3.22. The highest BCUT2D eigenvalue weighted by Crippen LogP contribution is 2.38. The Balaban J connectivity index is 1.65. The molecule has 6 nitrogen and oxygen atoms in total. The monoisotopic (exact) mass is 576 g/mol. The molecule has 0 heterocycles. The van der Waals surface area contributed by atoms with Gasteiger partial charge < -0.3 is 19.7 Å². The minimum Gasteiger partial charge on any atom is -0.461 e. The number of carbonyl (C=O) groups excluding carboxylic acids is 2. The van der Waals surface area contributed by atoms with Gasteiger partial charge in [0.2, 0.25) is 0 Å². The summed E-state index contributed by atoms with van der Waals surface area (Å²) in [5.74, 6) is -0.344. The van der Waals surface area contributed by atoms with Crippen LogP contribution in [0.25, 0.3) is 11.1 Å². The Morgan fingerprint density at radius 2 is 1.26 bits per heavy atom. The van der Waals surface area contributed by atoms with Gasteiger partial charge in [-0.3, -0.25) is 0 Å². The molecule has 1 aliphatic carbocycles. The van der Waals surface area contributed by atoms with Crippen molar-refractivity contribution in [1.29, 1.82) is 0 Å². The Morgan fingerprint density at radius 3 is 1.71 bits per heavy atom. The van der Waals surface area contributed by atoms with E-state index in [0.717, 1.165) is 22.6 Å². The molecule has 3 rings (SSSR count). The van der Waals surface area contributed by atoms with Gasteiger partial charge in [0, 0.05) is 0 Å². The van der Waals surface area contributed by atoms with Crippen molar-refractivity contribution >= 4 is 11.9 Å². The molecule has 0 radical (unpaired) electrons. The molecular formula is C36H48O6. The summed E-state index contributed by atoms with van der Waals surface area (Å²) in [6, 6.07) is 16.8. The summed E-state index contributed by atoms with van der Waals surface area (Å²) in [5.41, 5.74) is 4.32. The molecule has 0 aromatic heterocycles. The van der Waals surface area contributed by atoms with Crippen LogP contribution in [0.1, 0.15) is 95.1 Å². The van der Waals surface area contributed by atoms with E-state index in [9.17, 15) is 19.8 Å². The predicted octanol–water partition coefficient (Wildman–Crippen LogP) is 7.25. The van der Waals surface area contributed by atoms with E-state index in [-0.39, 0.29) is 24.4 Å². The SMILES string of the molecule is C=C(C(=O)OCC(COC(=O)C(=C)C(C)O)c1ccc(-c2ccc(C3CCC(CCCCC)CC3)cc2)cc1)C(C)O. The number of benzene rings is 2. The fourth-order valence-electron chi connectivity index (χ4n) is 5.48. The fraction of sp³-hybridized carbons (Fsp3) is 0.500. The van der Waals surface area contributed by atoms with E-state index in [0.29, 0.717) is 5.92 Å². The van der Waals surface area contributed by atoms with Crippen LogP contribution in [0.4, 0.5) is 0 Å². The molecule has 1 fully saturated rings. The molecule has 2 aromatic carbocycles. The van der Waals surface area contributed by atoms with E-state index in [1.807, 2.05) is 24.3 Å². The molecule has 42 heavy (non-hydrogen) atoms. The molecule has 1 aliphatic rings. The second-order valence-corrected chi connectivity index (χ2v) is 11.8. The molecule has 0 bridgehead atoms. The molecule has 228 valence electrons. The lowest BCUT2D eigenvalue weighted by Gasteiger charge is -2.29. The predicted molar refractivity (Wildman–Crippen MR) is 167 cm³/mol. The summed E-state index contributed by atoms with van der Waals surface area (Å²) in [7, 11) is 0. The van der Waals surface area contributed by atoms with Crippen LogP contribution in [0.15, 0.2) is 72.8 Å². The van der Waals surface area contributed by atoms with Crippen molar-refractivity contribution in [3.8, 4) is 11.1 Å². The van der Waals surface area contributed by atoms with Crippen LogP contribution in [0.2, 0.25) is 0 Å². The normalized spacial score (nSPS) is 18.9.